The van der Waals surface area contributed by atoms with Crippen LogP contribution in [0.1, 0.15) is 43.4 Å². The standard InChI is InChI=1S/C11H17N3O4/c1-4-7-8-9(14(16)17)10(11(15)18-6-3)13(5-2)12-8/h4-7H2,1-3H3. The fourth-order valence-electron chi connectivity index (χ4n) is 1.73. The van der Waals surface area contributed by atoms with Gasteiger partial charge < -0.3 is 4.74 Å². The maximum atomic E-state index is 11.8. The molecule has 18 heavy (non-hydrogen) atoms. The molecule has 100 valence electrons. The van der Waals surface area contributed by atoms with Crippen LogP contribution in [-0.2, 0) is 17.7 Å². The summed E-state index contributed by atoms with van der Waals surface area (Å²) in [4.78, 5) is 22.3. The molecule has 0 amide bonds. The van der Waals surface area contributed by atoms with E-state index in [9.17, 15) is 14.9 Å². The Morgan fingerprint density at radius 1 is 1.44 bits per heavy atom. The number of carbonyl (C=O) groups is 1. The number of hydrogen-bond donors (Lipinski definition) is 0. The molecule has 1 aromatic rings. The van der Waals surface area contributed by atoms with Gasteiger partial charge in [-0.05, 0) is 20.3 Å². The average molecular weight is 255 g/mol. The predicted molar refractivity (Wildman–Crippen MR) is 64.5 cm³/mol. The van der Waals surface area contributed by atoms with Crippen molar-refractivity contribution in [3.63, 3.8) is 0 Å². The molecule has 7 nitrogen and oxygen atoms in total. The highest BCUT2D eigenvalue weighted by atomic mass is 16.6. The smallest absolute Gasteiger partial charge is 0.363 e. The van der Waals surface area contributed by atoms with Gasteiger partial charge in [0.1, 0.15) is 5.69 Å². The van der Waals surface area contributed by atoms with Crippen molar-refractivity contribution in [2.24, 2.45) is 0 Å². The van der Waals surface area contributed by atoms with E-state index >= 15 is 0 Å². The van der Waals surface area contributed by atoms with E-state index in [1.807, 2.05) is 6.92 Å². The number of esters is 1. The first kappa shape index (κ1) is 14.1. The van der Waals surface area contributed by atoms with E-state index in [1.165, 1.54) is 4.68 Å². The van der Waals surface area contributed by atoms with E-state index in [0.29, 0.717) is 18.7 Å². The Morgan fingerprint density at radius 3 is 2.56 bits per heavy atom. The second kappa shape index (κ2) is 6.13. The van der Waals surface area contributed by atoms with Crippen LogP contribution in [0.15, 0.2) is 0 Å². The summed E-state index contributed by atoms with van der Waals surface area (Å²) in [6, 6.07) is 0. The number of aryl methyl sites for hydroxylation is 2. The third-order valence-corrected chi connectivity index (χ3v) is 2.43. The summed E-state index contributed by atoms with van der Waals surface area (Å²) < 4.78 is 6.18. The second-order valence-corrected chi connectivity index (χ2v) is 3.69. The van der Waals surface area contributed by atoms with Crippen LogP contribution in [0.3, 0.4) is 0 Å². The van der Waals surface area contributed by atoms with Crippen LogP contribution in [0, 0.1) is 10.1 Å². The molecule has 1 heterocycles. The lowest BCUT2D eigenvalue weighted by Gasteiger charge is -2.02. The second-order valence-electron chi connectivity index (χ2n) is 3.69. The molecule has 1 rings (SSSR count). The molecule has 0 atom stereocenters. The Kier molecular flexibility index (Phi) is 4.82. The van der Waals surface area contributed by atoms with Gasteiger partial charge >= 0.3 is 11.7 Å². The molecular weight excluding hydrogens is 238 g/mol. The molecule has 0 N–H and O–H groups in total. The molecule has 0 saturated heterocycles. The Labute approximate surface area is 105 Å². The first-order chi connectivity index (χ1) is 8.56. The fraction of sp³-hybridized carbons (Fsp3) is 0.636. The van der Waals surface area contributed by atoms with Crippen LogP contribution in [0.2, 0.25) is 0 Å². The van der Waals surface area contributed by atoms with Crippen LogP contribution in [0.5, 0.6) is 0 Å². The highest BCUT2D eigenvalue weighted by molar-refractivity contribution is 5.92. The van der Waals surface area contributed by atoms with Gasteiger partial charge in [-0.3, -0.25) is 14.8 Å². The van der Waals surface area contributed by atoms with Crippen molar-refractivity contribution >= 4 is 11.7 Å². The topological polar surface area (TPSA) is 87.3 Å². The van der Waals surface area contributed by atoms with E-state index < -0.39 is 10.9 Å². The fourth-order valence-corrected chi connectivity index (χ4v) is 1.73. The first-order valence-corrected chi connectivity index (χ1v) is 5.97. The Bertz CT molecular complexity index is 453. The summed E-state index contributed by atoms with van der Waals surface area (Å²) in [6.07, 6.45) is 1.19. The van der Waals surface area contributed by atoms with E-state index in [4.69, 9.17) is 4.74 Å². The SMILES string of the molecule is CCCc1nn(CC)c(C(=O)OCC)c1[N+](=O)[O-]. The van der Waals surface area contributed by atoms with Gasteiger partial charge in [0, 0.05) is 6.54 Å². The van der Waals surface area contributed by atoms with Gasteiger partial charge in [0.2, 0.25) is 5.69 Å². The molecule has 0 saturated carbocycles. The molecule has 0 bridgehead atoms. The minimum Gasteiger partial charge on any atom is -0.461 e. The normalized spacial score (nSPS) is 10.4. The van der Waals surface area contributed by atoms with Crippen LogP contribution in [0.25, 0.3) is 0 Å². The molecule has 0 fully saturated rings. The largest absolute Gasteiger partial charge is 0.461 e. The van der Waals surface area contributed by atoms with Gasteiger partial charge in [-0.1, -0.05) is 13.3 Å². The lowest BCUT2D eigenvalue weighted by molar-refractivity contribution is -0.386. The Hall–Kier alpha value is -1.92. The molecule has 0 unspecified atom stereocenters. The lowest BCUT2D eigenvalue weighted by Crippen LogP contribution is -2.14. The molecule has 0 aliphatic heterocycles. The van der Waals surface area contributed by atoms with Gasteiger partial charge in [-0.15, -0.1) is 0 Å². The zero-order valence-corrected chi connectivity index (χ0v) is 10.8. The number of carbonyl (C=O) groups excluding carboxylic acids is 1. The number of aromatic nitrogens is 2. The number of nitro groups is 1. The number of rotatable bonds is 6. The van der Waals surface area contributed by atoms with Crippen LogP contribution < -0.4 is 0 Å². The zero-order valence-electron chi connectivity index (χ0n) is 10.8. The van der Waals surface area contributed by atoms with Crippen molar-refractivity contribution in [2.75, 3.05) is 6.61 Å². The first-order valence-electron chi connectivity index (χ1n) is 5.97. The summed E-state index contributed by atoms with van der Waals surface area (Å²) in [5.74, 6) is -0.694. The van der Waals surface area contributed by atoms with Crippen LogP contribution >= 0.6 is 0 Å². The summed E-state index contributed by atoms with van der Waals surface area (Å²) in [5.41, 5.74) is 0.0531. The van der Waals surface area contributed by atoms with Crippen molar-refractivity contribution in [1.29, 1.82) is 0 Å². The quantitative estimate of drug-likeness (QED) is 0.440. The molecule has 0 aliphatic carbocycles. The van der Waals surface area contributed by atoms with Crippen molar-refractivity contribution in [2.45, 2.75) is 40.2 Å². The van der Waals surface area contributed by atoms with Crippen molar-refractivity contribution in [1.82, 2.24) is 9.78 Å². The van der Waals surface area contributed by atoms with E-state index in [2.05, 4.69) is 5.10 Å². The predicted octanol–water partition coefficient (Wildman–Crippen LogP) is 1.94. The lowest BCUT2D eigenvalue weighted by atomic mass is 10.2. The van der Waals surface area contributed by atoms with E-state index in [-0.39, 0.29) is 18.0 Å². The van der Waals surface area contributed by atoms with Gasteiger partial charge in [0.15, 0.2) is 0 Å². The monoisotopic (exact) mass is 255 g/mol. The van der Waals surface area contributed by atoms with E-state index in [0.717, 1.165) is 6.42 Å². The maximum Gasteiger partial charge on any atom is 0.363 e. The van der Waals surface area contributed by atoms with Gasteiger partial charge in [0.25, 0.3) is 0 Å². The molecule has 0 aliphatic rings. The molecule has 7 heteroatoms. The zero-order chi connectivity index (χ0) is 13.7. The molecule has 0 spiro atoms. The summed E-state index contributed by atoms with van der Waals surface area (Å²) >= 11 is 0. The highest BCUT2D eigenvalue weighted by Crippen LogP contribution is 2.25. The number of hydrogen-bond acceptors (Lipinski definition) is 5. The minimum absolute atomic E-state index is 0.0622. The summed E-state index contributed by atoms with van der Waals surface area (Å²) in [7, 11) is 0. The third kappa shape index (κ3) is 2.66. The van der Waals surface area contributed by atoms with Crippen molar-refractivity contribution < 1.29 is 14.5 Å². The van der Waals surface area contributed by atoms with Gasteiger partial charge in [-0.2, -0.15) is 5.10 Å². The highest BCUT2D eigenvalue weighted by Gasteiger charge is 2.32. The molecule has 0 radical (unpaired) electrons. The van der Waals surface area contributed by atoms with E-state index in [1.54, 1.807) is 13.8 Å². The summed E-state index contributed by atoms with van der Waals surface area (Å²) in [6.45, 7) is 5.89. The average Bonchev–Trinajstić information content (AvgIpc) is 2.68. The summed E-state index contributed by atoms with van der Waals surface area (Å²) in [5, 5.41) is 15.2. The van der Waals surface area contributed by atoms with Gasteiger partial charge in [-0.25, -0.2) is 4.79 Å². The van der Waals surface area contributed by atoms with Gasteiger partial charge in [0.05, 0.1) is 11.5 Å². The van der Waals surface area contributed by atoms with Crippen LogP contribution in [-0.4, -0.2) is 27.3 Å². The molecular formula is C11H17N3O4. The number of ether oxygens (including phenoxy) is 1. The van der Waals surface area contributed by atoms with Crippen molar-refractivity contribution in [3.8, 4) is 0 Å². The number of nitrogens with zero attached hydrogens (tertiary/aromatic N) is 3. The minimum atomic E-state index is -0.694. The van der Waals surface area contributed by atoms with Crippen LogP contribution in [0.4, 0.5) is 5.69 Å². The molecule has 1 aromatic heterocycles. The molecule has 0 aromatic carbocycles. The third-order valence-electron chi connectivity index (χ3n) is 2.43. The Morgan fingerprint density at radius 2 is 2.11 bits per heavy atom. The maximum absolute atomic E-state index is 11.8. The Balaban J connectivity index is 3.34. The van der Waals surface area contributed by atoms with Crippen molar-refractivity contribution in [3.05, 3.63) is 21.5 Å².